The molecule has 7 nitrogen and oxygen atoms in total. The largest absolute Gasteiger partial charge is 0.338 e. The summed E-state index contributed by atoms with van der Waals surface area (Å²) in [6.07, 6.45) is 5.62. The summed E-state index contributed by atoms with van der Waals surface area (Å²) in [6.45, 7) is 3.09. The second kappa shape index (κ2) is 8.10. The van der Waals surface area contributed by atoms with Crippen LogP contribution in [0.5, 0.6) is 0 Å². The molecule has 29 heavy (non-hydrogen) atoms. The zero-order chi connectivity index (χ0) is 20.2. The van der Waals surface area contributed by atoms with E-state index in [9.17, 15) is 9.59 Å². The molecule has 0 radical (unpaired) electrons. The molecule has 1 aromatic heterocycles. The number of aromatic nitrogens is 2. The fourth-order valence-electron chi connectivity index (χ4n) is 3.48. The number of anilines is 2. The van der Waals surface area contributed by atoms with Crippen LogP contribution in [0.15, 0.2) is 61.2 Å². The van der Waals surface area contributed by atoms with Crippen LogP contribution in [0.4, 0.5) is 16.2 Å². The van der Waals surface area contributed by atoms with Crippen LogP contribution in [0.1, 0.15) is 22.8 Å². The minimum absolute atomic E-state index is 0.121. The molecule has 0 fully saturated rings. The van der Waals surface area contributed by atoms with E-state index in [1.807, 2.05) is 43.3 Å². The molecule has 0 unspecified atom stereocenters. The number of fused-ring (bicyclic) bond motifs is 1. The second-order valence-corrected chi connectivity index (χ2v) is 6.71. The van der Waals surface area contributed by atoms with Gasteiger partial charge >= 0.3 is 6.03 Å². The number of carbonyl (C=O) groups excluding carboxylic acids is 2. The molecule has 146 valence electrons. The Labute approximate surface area is 168 Å². The number of hydrogen-bond acceptors (Lipinski definition) is 4. The third-order valence-corrected chi connectivity index (χ3v) is 4.86. The number of rotatable bonds is 4. The summed E-state index contributed by atoms with van der Waals surface area (Å²) in [5.74, 6) is -0.230. The first kappa shape index (κ1) is 18.6. The van der Waals surface area contributed by atoms with E-state index < -0.39 is 0 Å². The van der Waals surface area contributed by atoms with Gasteiger partial charge in [-0.05, 0) is 42.7 Å². The van der Waals surface area contributed by atoms with Gasteiger partial charge in [-0.15, -0.1) is 0 Å². The van der Waals surface area contributed by atoms with Crippen molar-refractivity contribution in [1.29, 1.82) is 0 Å². The third kappa shape index (κ3) is 3.80. The maximum Gasteiger partial charge on any atom is 0.321 e. The number of benzene rings is 2. The monoisotopic (exact) mass is 387 g/mol. The summed E-state index contributed by atoms with van der Waals surface area (Å²) < 4.78 is 0. The van der Waals surface area contributed by atoms with Gasteiger partial charge in [-0.25, -0.2) is 14.8 Å². The third-order valence-electron chi connectivity index (χ3n) is 4.86. The van der Waals surface area contributed by atoms with E-state index in [1.165, 1.54) is 6.33 Å². The zero-order valence-corrected chi connectivity index (χ0v) is 16.1. The van der Waals surface area contributed by atoms with Crippen molar-refractivity contribution in [3.8, 4) is 11.1 Å². The van der Waals surface area contributed by atoms with E-state index >= 15 is 0 Å². The minimum Gasteiger partial charge on any atom is -0.338 e. The number of carbonyl (C=O) groups is 2. The Bertz CT molecular complexity index is 1050. The number of urea groups is 1. The van der Waals surface area contributed by atoms with Gasteiger partial charge in [-0.2, -0.15) is 0 Å². The Morgan fingerprint density at radius 3 is 2.69 bits per heavy atom. The van der Waals surface area contributed by atoms with Crippen LogP contribution < -0.4 is 15.5 Å². The highest BCUT2D eigenvalue weighted by molar-refractivity contribution is 6.09. The molecule has 0 saturated heterocycles. The average molecular weight is 387 g/mol. The van der Waals surface area contributed by atoms with Crippen LogP contribution in [0, 0.1) is 0 Å². The summed E-state index contributed by atoms with van der Waals surface area (Å²) in [6, 6.07) is 12.9. The normalized spacial score (nSPS) is 12.4. The highest BCUT2D eigenvalue weighted by atomic mass is 16.2. The molecular weight excluding hydrogens is 366 g/mol. The molecule has 0 saturated carbocycles. The first-order valence-electron chi connectivity index (χ1n) is 9.51. The van der Waals surface area contributed by atoms with Crippen LogP contribution in [0.2, 0.25) is 0 Å². The predicted molar refractivity (Wildman–Crippen MR) is 112 cm³/mol. The lowest BCUT2D eigenvalue weighted by atomic mass is 10.0. The summed E-state index contributed by atoms with van der Waals surface area (Å²) >= 11 is 0. The van der Waals surface area contributed by atoms with Crippen LogP contribution >= 0.6 is 0 Å². The van der Waals surface area contributed by atoms with Gasteiger partial charge in [0.2, 0.25) is 0 Å². The minimum atomic E-state index is -0.230. The maximum absolute atomic E-state index is 13.0. The highest BCUT2D eigenvalue weighted by Gasteiger charge is 2.25. The van der Waals surface area contributed by atoms with E-state index in [-0.39, 0.29) is 11.9 Å². The first-order chi connectivity index (χ1) is 14.2. The Morgan fingerprint density at radius 2 is 1.90 bits per heavy atom. The summed E-state index contributed by atoms with van der Waals surface area (Å²) in [7, 11) is 0. The predicted octanol–water partition coefficient (Wildman–Crippen LogP) is 3.49. The van der Waals surface area contributed by atoms with Crippen molar-refractivity contribution >= 4 is 23.3 Å². The van der Waals surface area contributed by atoms with Crippen molar-refractivity contribution in [2.45, 2.75) is 13.3 Å². The number of nitrogens with zero attached hydrogens (tertiary/aromatic N) is 3. The van der Waals surface area contributed by atoms with Crippen LogP contribution in [0.3, 0.4) is 0 Å². The Kier molecular flexibility index (Phi) is 5.20. The Morgan fingerprint density at radius 1 is 1.10 bits per heavy atom. The van der Waals surface area contributed by atoms with Crippen molar-refractivity contribution in [3.63, 3.8) is 0 Å². The average Bonchev–Trinajstić information content (AvgIpc) is 3.18. The van der Waals surface area contributed by atoms with Crippen LogP contribution in [-0.2, 0) is 6.42 Å². The van der Waals surface area contributed by atoms with E-state index in [0.717, 1.165) is 28.8 Å². The van der Waals surface area contributed by atoms with Gasteiger partial charge in [0.1, 0.15) is 6.33 Å². The zero-order valence-electron chi connectivity index (χ0n) is 16.1. The lowest BCUT2D eigenvalue weighted by molar-refractivity contribution is 0.102. The maximum atomic E-state index is 13.0. The molecule has 1 aliphatic rings. The van der Waals surface area contributed by atoms with E-state index in [0.29, 0.717) is 24.3 Å². The molecule has 0 atom stereocenters. The molecule has 3 aromatic rings. The molecule has 0 aliphatic carbocycles. The van der Waals surface area contributed by atoms with Crippen molar-refractivity contribution < 1.29 is 9.59 Å². The molecule has 7 heteroatoms. The first-order valence-corrected chi connectivity index (χ1v) is 9.51. The molecule has 1 aliphatic heterocycles. The molecule has 4 rings (SSSR count). The SMILES string of the molecule is CCNC(=O)N1CCc2ccc(NC(=O)c3ccccc3-c3cncnc3)cc21. The van der Waals surface area contributed by atoms with Gasteiger partial charge in [0.15, 0.2) is 0 Å². The fourth-order valence-corrected chi connectivity index (χ4v) is 3.48. The second-order valence-electron chi connectivity index (χ2n) is 6.71. The number of amides is 3. The molecule has 2 heterocycles. The molecule has 2 N–H and O–H groups in total. The van der Waals surface area contributed by atoms with Gasteiger partial charge in [0.05, 0.1) is 5.69 Å². The molecule has 0 bridgehead atoms. The Balaban J connectivity index is 1.60. The van der Waals surface area contributed by atoms with E-state index in [4.69, 9.17) is 0 Å². The van der Waals surface area contributed by atoms with Crippen molar-refractivity contribution in [1.82, 2.24) is 15.3 Å². The van der Waals surface area contributed by atoms with Gasteiger partial charge < -0.3 is 10.6 Å². The Hall–Kier alpha value is -3.74. The molecule has 3 amide bonds. The topological polar surface area (TPSA) is 87.2 Å². The smallest absolute Gasteiger partial charge is 0.321 e. The van der Waals surface area contributed by atoms with Crippen LogP contribution in [0.25, 0.3) is 11.1 Å². The van der Waals surface area contributed by atoms with Gasteiger partial charge in [-0.1, -0.05) is 24.3 Å². The van der Waals surface area contributed by atoms with Crippen molar-refractivity contribution in [2.24, 2.45) is 0 Å². The van der Waals surface area contributed by atoms with E-state index in [1.54, 1.807) is 23.4 Å². The lowest BCUT2D eigenvalue weighted by Gasteiger charge is -2.18. The molecule has 2 aromatic carbocycles. The van der Waals surface area contributed by atoms with Gasteiger partial charge in [-0.3, -0.25) is 9.69 Å². The van der Waals surface area contributed by atoms with Crippen LogP contribution in [-0.4, -0.2) is 35.0 Å². The summed E-state index contributed by atoms with van der Waals surface area (Å²) in [4.78, 5) is 35.1. The summed E-state index contributed by atoms with van der Waals surface area (Å²) in [5, 5.41) is 5.78. The quantitative estimate of drug-likeness (QED) is 0.717. The standard InChI is InChI=1S/C22H21N5O2/c1-2-25-22(29)27-10-9-15-7-8-17(11-20(15)27)26-21(28)19-6-4-3-5-18(19)16-12-23-14-24-13-16/h3-8,11-14H,2,9-10H2,1H3,(H,25,29)(H,26,28). The van der Waals surface area contributed by atoms with E-state index in [2.05, 4.69) is 20.6 Å². The fraction of sp³-hybridized carbons (Fsp3) is 0.182. The lowest BCUT2D eigenvalue weighted by Crippen LogP contribution is -2.38. The van der Waals surface area contributed by atoms with Crippen molar-refractivity contribution in [3.05, 3.63) is 72.3 Å². The summed E-state index contributed by atoms with van der Waals surface area (Å²) in [5.41, 5.74) is 4.63. The number of hydrogen-bond donors (Lipinski definition) is 2. The van der Waals surface area contributed by atoms with Crippen molar-refractivity contribution in [2.75, 3.05) is 23.3 Å². The molecule has 0 spiro atoms. The number of nitrogens with one attached hydrogen (secondary N) is 2. The highest BCUT2D eigenvalue weighted by Crippen LogP contribution is 2.31. The molecular formula is C22H21N5O2. The van der Waals surface area contributed by atoms with Gasteiger partial charge in [0.25, 0.3) is 5.91 Å². The van der Waals surface area contributed by atoms with Gasteiger partial charge in [0, 0.05) is 42.3 Å².